The number of nitrogens with zero attached hydrogens (tertiary/aromatic N) is 3. The number of hydrogen-bond donors (Lipinski definition) is 2. The maximum atomic E-state index is 14.5. The summed E-state index contributed by atoms with van der Waals surface area (Å²) in [5, 5.41) is 14.2. The number of fused-ring (bicyclic) bond motifs is 1. The first-order chi connectivity index (χ1) is 16.5. The van der Waals surface area contributed by atoms with Gasteiger partial charge in [0, 0.05) is 23.9 Å². The number of amides is 2. The minimum Gasteiger partial charge on any atom is -0.347 e. The van der Waals surface area contributed by atoms with Gasteiger partial charge in [-0.1, -0.05) is 6.42 Å². The normalized spacial score (nSPS) is 29.4. The minimum atomic E-state index is -0.514. The quantitative estimate of drug-likeness (QED) is 0.696. The smallest absolute Gasteiger partial charge is 0.243 e. The number of aryl methyl sites for hydroxylation is 1. The van der Waals surface area contributed by atoms with Crippen LogP contribution in [-0.2, 0) is 22.6 Å². The maximum Gasteiger partial charge on any atom is 0.243 e. The van der Waals surface area contributed by atoms with Crippen LogP contribution in [0.4, 0.5) is 10.1 Å². The Kier molecular flexibility index (Phi) is 5.41. The van der Waals surface area contributed by atoms with Crippen molar-refractivity contribution in [1.82, 2.24) is 20.1 Å². The third-order valence-electron chi connectivity index (χ3n) is 8.54. The van der Waals surface area contributed by atoms with Crippen molar-refractivity contribution >= 4 is 17.5 Å². The Hall–Kier alpha value is -2.77. The molecule has 0 atom stereocenters. The molecule has 4 saturated carbocycles. The van der Waals surface area contributed by atoms with E-state index in [1.54, 1.807) is 12.1 Å². The number of benzene rings is 1. The van der Waals surface area contributed by atoms with E-state index in [0.717, 1.165) is 62.9 Å². The van der Waals surface area contributed by atoms with Gasteiger partial charge < -0.3 is 15.2 Å². The fraction of sp³-hybridized carbons (Fsp3) is 0.615. The van der Waals surface area contributed by atoms with E-state index in [1.165, 1.54) is 25.3 Å². The predicted octanol–water partition coefficient (Wildman–Crippen LogP) is 4.08. The first-order valence-electron chi connectivity index (χ1n) is 12.8. The third-order valence-corrected chi connectivity index (χ3v) is 8.54. The lowest BCUT2D eigenvalue weighted by Gasteiger charge is -2.55. The van der Waals surface area contributed by atoms with Gasteiger partial charge in [-0.2, -0.15) is 0 Å². The summed E-state index contributed by atoms with van der Waals surface area (Å²) < 4.78 is 16.6. The van der Waals surface area contributed by atoms with Gasteiger partial charge in [-0.15, -0.1) is 10.2 Å². The molecule has 8 heteroatoms. The lowest BCUT2D eigenvalue weighted by atomic mass is 9.49. The van der Waals surface area contributed by atoms with Crippen molar-refractivity contribution in [2.75, 3.05) is 11.9 Å². The summed E-state index contributed by atoms with van der Waals surface area (Å²) in [5.74, 6) is 2.70. The molecule has 2 amide bonds. The van der Waals surface area contributed by atoms with Crippen molar-refractivity contribution in [3.05, 3.63) is 29.8 Å². The number of hydrogen-bond acceptors (Lipinski definition) is 4. The van der Waals surface area contributed by atoms with Crippen molar-refractivity contribution in [1.29, 1.82) is 0 Å². The molecule has 0 saturated heterocycles. The van der Waals surface area contributed by atoms with Gasteiger partial charge in [-0.05, 0) is 87.3 Å². The van der Waals surface area contributed by atoms with Gasteiger partial charge in [-0.3, -0.25) is 9.59 Å². The van der Waals surface area contributed by atoms with Crippen molar-refractivity contribution in [3.8, 4) is 11.4 Å². The SMILES string of the molecule is O=C(CNC(=O)C12CC3CC(CC(C3)C1)C2)Nc1cc(-c2nnc3n2CCCCC3)ccc1F. The fourth-order valence-corrected chi connectivity index (χ4v) is 7.39. The molecule has 0 unspecified atom stereocenters. The number of anilines is 1. The highest BCUT2D eigenvalue weighted by Crippen LogP contribution is 2.60. The van der Waals surface area contributed by atoms with Crippen molar-refractivity contribution in [2.24, 2.45) is 23.2 Å². The monoisotopic (exact) mass is 465 g/mol. The molecule has 4 fully saturated rings. The summed E-state index contributed by atoms with van der Waals surface area (Å²) in [4.78, 5) is 25.8. The first-order valence-corrected chi connectivity index (χ1v) is 12.8. The predicted molar refractivity (Wildman–Crippen MR) is 125 cm³/mol. The standard InChI is InChI=1S/C26H32FN5O2/c27-20-6-5-19(24-31-30-22-4-2-1-3-7-32(22)24)11-21(20)29-23(33)15-28-25(34)26-12-16-8-17(13-26)10-18(9-16)14-26/h5-6,11,16-18H,1-4,7-10,12-15H2,(H,28,34)(H,29,33). The molecule has 2 heterocycles. The number of halogens is 1. The molecule has 1 aliphatic heterocycles. The second-order valence-electron chi connectivity index (χ2n) is 11.0. The Balaban J connectivity index is 1.12. The van der Waals surface area contributed by atoms with E-state index in [-0.39, 0.29) is 23.6 Å². The van der Waals surface area contributed by atoms with E-state index in [0.29, 0.717) is 23.6 Å². The average molecular weight is 466 g/mol. The zero-order valence-corrected chi connectivity index (χ0v) is 19.5. The zero-order valence-electron chi connectivity index (χ0n) is 19.5. The third kappa shape index (κ3) is 3.91. The summed E-state index contributed by atoms with van der Waals surface area (Å²) in [6.07, 6.45) is 10.8. The van der Waals surface area contributed by atoms with Crippen molar-refractivity contribution < 1.29 is 14.0 Å². The Labute approximate surface area is 198 Å². The van der Waals surface area contributed by atoms with Crippen LogP contribution in [0.2, 0.25) is 0 Å². The van der Waals surface area contributed by atoms with Gasteiger partial charge in [0.15, 0.2) is 5.82 Å². The lowest BCUT2D eigenvalue weighted by Crippen LogP contribution is -2.54. The van der Waals surface area contributed by atoms with Crippen LogP contribution < -0.4 is 10.6 Å². The van der Waals surface area contributed by atoms with Crippen molar-refractivity contribution in [2.45, 2.75) is 70.8 Å². The fourth-order valence-electron chi connectivity index (χ4n) is 7.39. The summed E-state index contributed by atoms with van der Waals surface area (Å²) >= 11 is 0. The van der Waals surface area contributed by atoms with E-state index >= 15 is 0 Å². The molecule has 1 aromatic carbocycles. The molecular formula is C26H32FN5O2. The highest BCUT2D eigenvalue weighted by Gasteiger charge is 2.54. The zero-order chi connectivity index (χ0) is 23.3. The van der Waals surface area contributed by atoms with Crippen LogP contribution in [0.5, 0.6) is 0 Å². The molecular weight excluding hydrogens is 433 g/mol. The van der Waals surface area contributed by atoms with Crippen LogP contribution in [0.15, 0.2) is 18.2 Å². The molecule has 7 nitrogen and oxygen atoms in total. The van der Waals surface area contributed by atoms with Crippen LogP contribution in [0.25, 0.3) is 11.4 Å². The number of aromatic nitrogens is 3. The number of carbonyl (C=O) groups excluding carboxylic acids is 2. The summed E-state index contributed by atoms with van der Waals surface area (Å²) in [6, 6.07) is 4.62. The second kappa shape index (κ2) is 8.47. The van der Waals surface area contributed by atoms with E-state index in [1.807, 2.05) is 0 Å². The van der Waals surface area contributed by atoms with Gasteiger partial charge in [0.2, 0.25) is 11.8 Å². The molecule has 0 spiro atoms. The second-order valence-corrected chi connectivity index (χ2v) is 11.0. The molecule has 1 aromatic heterocycles. The van der Waals surface area contributed by atoms with Crippen LogP contribution in [-0.4, -0.2) is 33.1 Å². The number of carbonyl (C=O) groups is 2. The molecule has 0 radical (unpaired) electrons. The molecule has 5 aliphatic rings. The first kappa shape index (κ1) is 21.7. The van der Waals surface area contributed by atoms with Gasteiger partial charge >= 0.3 is 0 Å². The van der Waals surface area contributed by atoms with Gasteiger partial charge in [0.25, 0.3) is 0 Å². The van der Waals surface area contributed by atoms with E-state index in [9.17, 15) is 14.0 Å². The molecule has 34 heavy (non-hydrogen) atoms. The Morgan fingerprint density at radius 2 is 1.76 bits per heavy atom. The number of rotatable bonds is 5. The topological polar surface area (TPSA) is 88.9 Å². The summed E-state index contributed by atoms with van der Waals surface area (Å²) in [7, 11) is 0. The highest BCUT2D eigenvalue weighted by molar-refractivity contribution is 5.96. The highest BCUT2D eigenvalue weighted by atomic mass is 19.1. The average Bonchev–Trinajstić information content (AvgIpc) is 3.06. The van der Waals surface area contributed by atoms with E-state index in [4.69, 9.17) is 0 Å². The van der Waals surface area contributed by atoms with Crippen molar-refractivity contribution in [3.63, 3.8) is 0 Å². The van der Waals surface area contributed by atoms with Gasteiger partial charge in [-0.25, -0.2) is 4.39 Å². The molecule has 4 bridgehead atoms. The van der Waals surface area contributed by atoms with E-state index < -0.39 is 11.7 Å². The van der Waals surface area contributed by atoms with E-state index in [2.05, 4.69) is 25.4 Å². The summed E-state index contributed by atoms with van der Waals surface area (Å²) in [6.45, 7) is 0.692. The maximum absolute atomic E-state index is 14.5. The van der Waals surface area contributed by atoms with Crippen LogP contribution in [0.1, 0.15) is 63.6 Å². The van der Waals surface area contributed by atoms with Gasteiger partial charge in [0.05, 0.1) is 12.2 Å². The molecule has 180 valence electrons. The molecule has 7 rings (SSSR count). The number of nitrogens with one attached hydrogen (secondary N) is 2. The molecule has 2 N–H and O–H groups in total. The Morgan fingerprint density at radius 3 is 2.50 bits per heavy atom. The minimum absolute atomic E-state index is 0.00197. The van der Waals surface area contributed by atoms with Gasteiger partial charge in [0.1, 0.15) is 11.6 Å². The Morgan fingerprint density at radius 1 is 1.03 bits per heavy atom. The van der Waals surface area contributed by atoms with Crippen LogP contribution in [0.3, 0.4) is 0 Å². The lowest BCUT2D eigenvalue weighted by molar-refractivity contribution is -0.146. The summed E-state index contributed by atoms with van der Waals surface area (Å²) in [5.41, 5.74) is 0.513. The molecule has 2 aromatic rings. The van der Waals surface area contributed by atoms with Crippen LogP contribution in [0, 0.1) is 29.0 Å². The largest absolute Gasteiger partial charge is 0.347 e. The van der Waals surface area contributed by atoms with Crippen LogP contribution >= 0.6 is 0 Å². The molecule has 4 aliphatic carbocycles. The Bertz CT molecular complexity index is 1090.